The van der Waals surface area contributed by atoms with Gasteiger partial charge in [-0.1, -0.05) is 12.1 Å². The maximum atomic E-state index is 5.19. The topological polar surface area (TPSA) is 12.5 Å². The molecule has 1 aliphatic rings. The average Bonchev–Trinajstić information content (AvgIpc) is 2.78. The number of benzene rings is 1. The van der Waals surface area contributed by atoms with E-state index in [1.807, 2.05) is 0 Å². The van der Waals surface area contributed by atoms with Crippen molar-refractivity contribution in [3.63, 3.8) is 0 Å². The van der Waals surface area contributed by atoms with E-state index >= 15 is 0 Å². The Balaban J connectivity index is 2.16. The fourth-order valence-electron chi connectivity index (χ4n) is 2.59. The van der Waals surface area contributed by atoms with Crippen molar-refractivity contribution in [1.29, 1.82) is 0 Å². The molecule has 1 saturated heterocycles. The third-order valence-corrected chi connectivity index (χ3v) is 3.46. The highest BCUT2D eigenvalue weighted by Crippen LogP contribution is 2.33. The molecule has 1 heterocycles. The van der Waals surface area contributed by atoms with Gasteiger partial charge in [0.1, 0.15) is 5.75 Å². The predicted molar refractivity (Wildman–Crippen MR) is 66.8 cm³/mol. The summed E-state index contributed by atoms with van der Waals surface area (Å²) in [5, 5.41) is 0. The lowest BCUT2D eigenvalue weighted by molar-refractivity contribution is 0.205. The lowest BCUT2D eigenvalue weighted by atomic mass is 10.0. The van der Waals surface area contributed by atoms with Gasteiger partial charge in [0.2, 0.25) is 0 Å². The fraction of sp³-hybridized carbons (Fsp3) is 0.571. The van der Waals surface area contributed by atoms with E-state index in [2.05, 4.69) is 43.0 Å². The summed E-state index contributed by atoms with van der Waals surface area (Å²) in [5.41, 5.74) is 1.42. The fourth-order valence-corrected chi connectivity index (χ4v) is 2.59. The Bertz CT molecular complexity index is 331. The molecule has 0 saturated carbocycles. The van der Waals surface area contributed by atoms with Crippen LogP contribution in [0.5, 0.6) is 5.75 Å². The molecule has 1 atom stereocenters. The van der Waals surface area contributed by atoms with Gasteiger partial charge in [-0.05, 0) is 50.9 Å². The van der Waals surface area contributed by atoms with Gasteiger partial charge in [-0.15, -0.1) is 0 Å². The van der Waals surface area contributed by atoms with Crippen molar-refractivity contribution in [1.82, 2.24) is 4.90 Å². The number of rotatable bonds is 3. The number of hydrogen-bond acceptors (Lipinski definition) is 2. The van der Waals surface area contributed by atoms with E-state index < -0.39 is 0 Å². The zero-order valence-electron chi connectivity index (χ0n) is 10.4. The second-order valence-electron chi connectivity index (χ2n) is 4.76. The van der Waals surface area contributed by atoms with Crippen LogP contribution in [0.25, 0.3) is 0 Å². The van der Waals surface area contributed by atoms with Crippen LogP contribution < -0.4 is 4.74 Å². The van der Waals surface area contributed by atoms with Crippen LogP contribution in [0.2, 0.25) is 0 Å². The third-order valence-electron chi connectivity index (χ3n) is 3.46. The number of nitrogens with zero attached hydrogens (tertiary/aromatic N) is 1. The summed E-state index contributed by atoms with van der Waals surface area (Å²) in [6.45, 7) is 5.79. The SMILES string of the molecule is COc1ccc([C@@H]2CCCN2C(C)C)cc1. The van der Waals surface area contributed by atoms with E-state index in [1.54, 1.807) is 7.11 Å². The molecule has 0 aromatic heterocycles. The van der Waals surface area contributed by atoms with Crippen LogP contribution in [-0.2, 0) is 0 Å². The number of likely N-dealkylation sites (tertiary alicyclic amines) is 1. The predicted octanol–water partition coefficient (Wildman–Crippen LogP) is 3.24. The molecule has 0 amide bonds. The van der Waals surface area contributed by atoms with E-state index in [9.17, 15) is 0 Å². The van der Waals surface area contributed by atoms with Crippen LogP contribution in [-0.4, -0.2) is 24.6 Å². The van der Waals surface area contributed by atoms with Crippen molar-refractivity contribution in [2.75, 3.05) is 13.7 Å². The third kappa shape index (κ3) is 2.22. The molecule has 1 aromatic rings. The van der Waals surface area contributed by atoms with Crippen molar-refractivity contribution in [3.05, 3.63) is 29.8 Å². The Morgan fingerprint density at radius 1 is 1.25 bits per heavy atom. The van der Waals surface area contributed by atoms with Gasteiger partial charge in [0.05, 0.1) is 7.11 Å². The summed E-state index contributed by atoms with van der Waals surface area (Å²) in [7, 11) is 1.71. The Labute approximate surface area is 98.2 Å². The van der Waals surface area contributed by atoms with E-state index in [0.29, 0.717) is 12.1 Å². The normalized spacial score (nSPS) is 21.6. The van der Waals surface area contributed by atoms with Gasteiger partial charge in [-0.25, -0.2) is 0 Å². The standard InChI is InChI=1S/C14H21NO/c1-11(2)15-10-4-5-14(15)12-6-8-13(16-3)9-7-12/h6-9,11,14H,4-5,10H2,1-3H3/t14-/m0/s1. The van der Waals surface area contributed by atoms with Gasteiger partial charge in [0.15, 0.2) is 0 Å². The summed E-state index contributed by atoms with van der Waals surface area (Å²) in [4.78, 5) is 2.59. The molecule has 2 nitrogen and oxygen atoms in total. The smallest absolute Gasteiger partial charge is 0.118 e. The van der Waals surface area contributed by atoms with Gasteiger partial charge in [-0.3, -0.25) is 4.90 Å². The summed E-state index contributed by atoms with van der Waals surface area (Å²) < 4.78 is 5.19. The van der Waals surface area contributed by atoms with Crippen molar-refractivity contribution < 1.29 is 4.74 Å². The van der Waals surface area contributed by atoms with Crippen molar-refractivity contribution >= 4 is 0 Å². The molecule has 0 N–H and O–H groups in total. The van der Waals surface area contributed by atoms with E-state index in [4.69, 9.17) is 4.74 Å². The molecule has 16 heavy (non-hydrogen) atoms. The Morgan fingerprint density at radius 2 is 1.94 bits per heavy atom. The molecule has 88 valence electrons. The Morgan fingerprint density at radius 3 is 2.50 bits per heavy atom. The molecule has 1 aromatic carbocycles. The molecule has 2 rings (SSSR count). The van der Waals surface area contributed by atoms with Crippen molar-refractivity contribution in [3.8, 4) is 5.75 Å². The molecule has 0 radical (unpaired) electrons. The molecule has 0 aliphatic carbocycles. The number of methoxy groups -OCH3 is 1. The second kappa shape index (κ2) is 4.88. The highest BCUT2D eigenvalue weighted by atomic mass is 16.5. The van der Waals surface area contributed by atoms with Crippen molar-refractivity contribution in [2.24, 2.45) is 0 Å². The minimum atomic E-state index is 0.603. The first-order valence-corrected chi connectivity index (χ1v) is 6.12. The average molecular weight is 219 g/mol. The summed E-state index contributed by atoms with van der Waals surface area (Å²) >= 11 is 0. The van der Waals surface area contributed by atoms with Gasteiger partial charge in [0, 0.05) is 12.1 Å². The largest absolute Gasteiger partial charge is 0.497 e. The van der Waals surface area contributed by atoms with Gasteiger partial charge in [0.25, 0.3) is 0 Å². The van der Waals surface area contributed by atoms with Crippen LogP contribution >= 0.6 is 0 Å². The number of hydrogen-bond donors (Lipinski definition) is 0. The minimum absolute atomic E-state index is 0.603. The molecule has 2 heteroatoms. The zero-order chi connectivity index (χ0) is 11.5. The van der Waals surface area contributed by atoms with Crippen molar-refractivity contribution in [2.45, 2.75) is 38.8 Å². The lowest BCUT2D eigenvalue weighted by Gasteiger charge is -2.28. The summed E-state index contributed by atoms with van der Waals surface area (Å²) in [5.74, 6) is 0.942. The summed E-state index contributed by atoms with van der Waals surface area (Å²) in [6.07, 6.45) is 2.60. The van der Waals surface area contributed by atoms with Crippen LogP contribution in [0.15, 0.2) is 24.3 Å². The highest BCUT2D eigenvalue weighted by molar-refractivity contribution is 5.29. The monoisotopic (exact) mass is 219 g/mol. The maximum Gasteiger partial charge on any atom is 0.118 e. The first kappa shape index (κ1) is 11.5. The molecule has 1 fully saturated rings. The van der Waals surface area contributed by atoms with E-state index in [-0.39, 0.29) is 0 Å². The first-order chi connectivity index (χ1) is 7.72. The van der Waals surface area contributed by atoms with Crippen LogP contribution in [0.1, 0.15) is 38.3 Å². The van der Waals surface area contributed by atoms with E-state index in [0.717, 1.165) is 5.75 Å². The zero-order valence-corrected chi connectivity index (χ0v) is 10.4. The molecule has 1 aliphatic heterocycles. The van der Waals surface area contributed by atoms with Crippen LogP contribution in [0, 0.1) is 0 Å². The highest BCUT2D eigenvalue weighted by Gasteiger charge is 2.27. The van der Waals surface area contributed by atoms with Gasteiger partial charge >= 0.3 is 0 Å². The van der Waals surface area contributed by atoms with Gasteiger partial charge < -0.3 is 4.74 Å². The Kier molecular flexibility index (Phi) is 3.49. The quantitative estimate of drug-likeness (QED) is 0.773. The summed E-state index contributed by atoms with van der Waals surface area (Å²) in [6, 6.07) is 9.76. The van der Waals surface area contributed by atoms with Crippen LogP contribution in [0.4, 0.5) is 0 Å². The molecule has 0 bridgehead atoms. The van der Waals surface area contributed by atoms with Crippen LogP contribution in [0.3, 0.4) is 0 Å². The second-order valence-corrected chi connectivity index (χ2v) is 4.76. The molecule has 0 spiro atoms. The maximum absolute atomic E-state index is 5.19. The number of ether oxygens (including phenoxy) is 1. The Hall–Kier alpha value is -1.02. The lowest BCUT2D eigenvalue weighted by Crippen LogP contribution is -2.30. The minimum Gasteiger partial charge on any atom is -0.497 e. The molecular weight excluding hydrogens is 198 g/mol. The first-order valence-electron chi connectivity index (χ1n) is 6.12. The van der Waals surface area contributed by atoms with Gasteiger partial charge in [-0.2, -0.15) is 0 Å². The van der Waals surface area contributed by atoms with E-state index in [1.165, 1.54) is 24.9 Å². The molecular formula is C14H21NO. The molecule has 0 unspecified atom stereocenters.